The predicted octanol–water partition coefficient (Wildman–Crippen LogP) is 1.42. The smallest absolute Gasteiger partial charge is 0.164 e. The highest BCUT2D eigenvalue weighted by atomic mass is 79.9. The first kappa shape index (κ1) is 12.3. The first-order valence-electron chi connectivity index (χ1n) is 4.49. The third-order valence-electron chi connectivity index (χ3n) is 2.08. The van der Waals surface area contributed by atoms with Gasteiger partial charge in [0.05, 0.1) is 13.2 Å². The van der Waals surface area contributed by atoms with Crippen LogP contribution in [0.3, 0.4) is 0 Å². The number of benzene rings is 1. The van der Waals surface area contributed by atoms with Crippen molar-refractivity contribution in [1.29, 1.82) is 0 Å². The zero-order valence-electron chi connectivity index (χ0n) is 8.62. The van der Waals surface area contributed by atoms with E-state index in [2.05, 4.69) is 21.2 Å². The van der Waals surface area contributed by atoms with Gasteiger partial charge in [-0.3, -0.25) is 0 Å². The number of ether oxygens (including phenoxy) is 1. The molecule has 0 radical (unpaired) electrons. The molecule has 1 rings (SSSR count). The molecule has 0 saturated heterocycles. The Morgan fingerprint density at radius 1 is 1.53 bits per heavy atom. The molecular formula is C10H14BrNO3. The summed E-state index contributed by atoms with van der Waals surface area (Å²) in [5.41, 5.74) is 0.434. The molecule has 0 heterocycles. The average Bonchev–Trinajstić information content (AvgIpc) is 2.18. The average molecular weight is 276 g/mol. The summed E-state index contributed by atoms with van der Waals surface area (Å²) in [5, 5.41) is 22.5. The maximum atomic E-state index is 9.82. The highest BCUT2D eigenvalue weighted by Gasteiger charge is 2.18. The number of hydrogen-bond acceptors (Lipinski definition) is 4. The van der Waals surface area contributed by atoms with Crippen LogP contribution >= 0.6 is 15.9 Å². The van der Waals surface area contributed by atoms with Gasteiger partial charge in [0.25, 0.3) is 0 Å². The number of aromatic hydroxyl groups is 1. The Bertz CT molecular complexity index is 344. The fraction of sp³-hybridized carbons (Fsp3) is 0.400. The third-order valence-corrected chi connectivity index (χ3v) is 2.77. The van der Waals surface area contributed by atoms with Gasteiger partial charge in [0.15, 0.2) is 11.5 Å². The van der Waals surface area contributed by atoms with Crippen molar-refractivity contribution in [3.63, 3.8) is 0 Å². The molecule has 1 atom stereocenters. The Morgan fingerprint density at radius 3 is 2.73 bits per heavy atom. The van der Waals surface area contributed by atoms with Crippen molar-refractivity contribution < 1.29 is 14.9 Å². The second-order valence-corrected chi connectivity index (χ2v) is 3.94. The lowest BCUT2D eigenvalue weighted by Crippen LogP contribution is -2.17. The van der Waals surface area contributed by atoms with Gasteiger partial charge in [-0.1, -0.05) is 15.9 Å². The number of methoxy groups -OCH3 is 1. The molecular weight excluding hydrogens is 262 g/mol. The summed E-state index contributed by atoms with van der Waals surface area (Å²) in [5.74, 6) is 0.318. The Hall–Kier alpha value is -0.780. The number of aliphatic hydroxyl groups is 1. The van der Waals surface area contributed by atoms with Gasteiger partial charge in [-0.15, -0.1) is 0 Å². The number of nitrogens with one attached hydrogen (secondary N) is 1. The van der Waals surface area contributed by atoms with Crippen LogP contribution in [0.15, 0.2) is 16.6 Å². The van der Waals surface area contributed by atoms with Gasteiger partial charge >= 0.3 is 0 Å². The Balaban J connectivity index is 3.14. The maximum absolute atomic E-state index is 9.82. The van der Waals surface area contributed by atoms with E-state index in [1.165, 1.54) is 7.11 Å². The zero-order chi connectivity index (χ0) is 11.4. The lowest BCUT2D eigenvalue weighted by Gasteiger charge is -2.15. The summed E-state index contributed by atoms with van der Waals surface area (Å²) in [6.45, 7) is 0.360. The maximum Gasteiger partial charge on any atom is 0.164 e. The van der Waals surface area contributed by atoms with E-state index in [0.29, 0.717) is 22.3 Å². The number of phenols is 1. The second kappa shape index (κ2) is 5.34. The Labute approximate surface area is 97.0 Å². The first-order valence-corrected chi connectivity index (χ1v) is 5.29. The van der Waals surface area contributed by atoms with Crippen molar-refractivity contribution in [1.82, 2.24) is 5.32 Å². The van der Waals surface area contributed by atoms with Crippen molar-refractivity contribution in [2.24, 2.45) is 0 Å². The monoisotopic (exact) mass is 275 g/mol. The van der Waals surface area contributed by atoms with Crippen LogP contribution in [0.2, 0.25) is 0 Å². The minimum absolute atomic E-state index is 0.0328. The van der Waals surface area contributed by atoms with Crippen molar-refractivity contribution >= 4 is 15.9 Å². The van der Waals surface area contributed by atoms with Crippen molar-refractivity contribution in [2.75, 3.05) is 20.7 Å². The quantitative estimate of drug-likeness (QED) is 0.778. The van der Waals surface area contributed by atoms with Crippen LogP contribution in [-0.4, -0.2) is 30.9 Å². The molecule has 3 N–H and O–H groups in total. The van der Waals surface area contributed by atoms with E-state index < -0.39 is 6.10 Å². The van der Waals surface area contributed by atoms with E-state index >= 15 is 0 Å². The number of halogens is 1. The van der Waals surface area contributed by atoms with E-state index in [4.69, 9.17) is 4.74 Å². The number of likely N-dealkylation sites (N-methyl/N-ethyl adjacent to an activating group) is 1. The Kier molecular flexibility index (Phi) is 4.38. The molecule has 84 valence electrons. The molecule has 0 aliphatic heterocycles. The molecule has 0 aliphatic carbocycles. The highest BCUT2D eigenvalue weighted by molar-refractivity contribution is 9.10. The molecule has 0 aliphatic rings. The van der Waals surface area contributed by atoms with E-state index in [-0.39, 0.29) is 5.75 Å². The molecule has 1 unspecified atom stereocenters. The fourth-order valence-corrected chi connectivity index (χ4v) is 1.92. The molecule has 0 aromatic heterocycles. The topological polar surface area (TPSA) is 61.7 Å². The molecule has 1 aromatic rings. The summed E-state index contributed by atoms with van der Waals surface area (Å²) in [6, 6.07) is 3.36. The standard InChI is InChI=1S/C10H14BrNO3/c1-12-5-7(13)9-6(11)3-4-8(15-2)10(9)14/h3-4,7,12-14H,5H2,1-2H3. The number of phenolic OH excluding ortho intramolecular Hbond substituents is 1. The molecule has 0 saturated carbocycles. The summed E-state index contributed by atoms with van der Waals surface area (Å²) < 4.78 is 5.62. The summed E-state index contributed by atoms with van der Waals surface area (Å²) >= 11 is 3.28. The Morgan fingerprint density at radius 2 is 2.20 bits per heavy atom. The molecule has 1 aromatic carbocycles. The molecule has 0 amide bonds. The van der Waals surface area contributed by atoms with Crippen LogP contribution in [0, 0.1) is 0 Å². The van der Waals surface area contributed by atoms with Crippen LogP contribution in [0.25, 0.3) is 0 Å². The summed E-state index contributed by atoms with van der Waals surface area (Å²) in [7, 11) is 3.20. The fourth-order valence-electron chi connectivity index (χ4n) is 1.34. The van der Waals surface area contributed by atoms with Crippen LogP contribution in [0.5, 0.6) is 11.5 Å². The second-order valence-electron chi connectivity index (χ2n) is 3.09. The molecule has 15 heavy (non-hydrogen) atoms. The molecule has 0 fully saturated rings. The van der Waals surface area contributed by atoms with Crippen LogP contribution in [0.1, 0.15) is 11.7 Å². The van der Waals surface area contributed by atoms with Gasteiger partial charge in [-0.05, 0) is 19.2 Å². The molecule has 5 heteroatoms. The van der Waals surface area contributed by atoms with E-state index in [0.717, 1.165) is 0 Å². The number of hydrogen-bond donors (Lipinski definition) is 3. The molecule has 0 spiro atoms. The van der Waals surface area contributed by atoms with Crippen molar-refractivity contribution in [2.45, 2.75) is 6.10 Å². The molecule has 4 nitrogen and oxygen atoms in total. The van der Waals surface area contributed by atoms with Gasteiger partial charge in [0, 0.05) is 16.6 Å². The van der Waals surface area contributed by atoms with E-state index in [1.807, 2.05) is 0 Å². The van der Waals surface area contributed by atoms with Gasteiger partial charge in [0.2, 0.25) is 0 Å². The van der Waals surface area contributed by atoms with Gasteiger partial charge in [0.1, 0.15) is 0 Å². The van der Waals surface area contributed by atoms with E-state index in [9.17, 15) is 10.2 Å². The first-order chi connectivity index (χ1) is 7.11. The van der Waals surface area contributed by atoms with E-state index in [1.54, 1.807) is 19.2 Å². The van der Waals surface area contributed by atoms with Gasteiger partial charge in [-0.2, -0.15) is 0 Å². The lowest BCUT2D eigenvalue weighted by molar-refractivity contribution is 0.172. The number of rotatable bonds is 4. The highest BCUT2D eigenvalue weighted by Crippen LogP contribution is 2.38. The van der Waals surface area contributed by atoms with Crippen molar-refractivity contribution in [3.8, 4) is 11.5 Å². The summed E-state index contributed by atoms with van der Waals surface area (Å²) in [6.07, 6.45) is -0.778. The van der Waals surface area contributed by atoms with Gasteiger partial charge in [-0.25, -0.2) is 0 Å². The van der Waals surface area contributed by atoms with Crippen LogP contribution in [-0.2, 0) is 0 Å². The minimum Gasteiger partial charge on any atom is -0.504 e. The largest absolute Gasteiger partial charge is 0.504 e. The minimum atomic E-state index is -0.778. The third kappa shape index (κ3) is 2.62. The number of aliphatic hydroxyl groups excluding tert-OH is 1. The zero-order valence-corrected chi connectivity index (χ0v) is 10.2. The predicted molar refractivity (Wildman–Crippen MR) is 61.2 cm³/mol. The van der Waals surface area contributed by atoms with Crippen molar-refractivity contribution in [3.05, 3.63) is 22.2 Å². The van der Waals surface area contributed by atoms with Crippen LogP contribution in [0.4, 0.5) is 0 Å². The summed E-state index contributed by atoms with van der Waals surface area (Å²) in [4.78, 5) is 0. The normalized spacial score (nSPS) is 12.5. The SMILES string of the molecule is CNCC(O)c1c(Br)ccc(OC)c1O. The molecule has 0 bridgehead atoms. The lowest BCUT2D eigenvalue weighted by atomic mass is 10.1. The van der Waals surface area contributed by atoms with Crippen LogP contribution < -0.4 is 10.1 Å². The van der Waals surface area contributed by atoms with Gasteiger partial charge < -0.3 is 20.3 Å².